The molecule has 1 aromatic heterocycles. The van der Waals surface area contributed by atoms with Gasteiger partial charge in [-0.1, -0.05) is 0 Å². The second kappa shape index (κ2) is 6.22. The van der Waals surface area contributed by atoms with E-state index in [0.717, 1.165) is 22.3 Å². The molecular formula is C13H14BrNO2S. The first-order valence-corrected chi connectivity index (χ1v) is 7.14. The molecule has 0 saturated carbocycles. The van der Waals surface area contributed by atoms with E-state index in [1.54, 1.807) is 18.4 Å². The Kier molecular flexibility index (Phi) is 4.63. The van der Waals surface area contributed by atoms with Crippen molar-refractivity contribution in [2.45, 2.75) is 13.2 Å². The Bertz CT molecular complexity index is 527. The van der Waals surface area contributed by atoms with Crippen molar-refractivity contribution in [3.63, 3.8) is 0 Å². The molecule has 0 bridgehead atoms. The zero-order chi connectivity index (χ0) is 13.0. The number of nitrogens with one attached hydrogen (secondary N) is 1. The van der Waals surface area contributed by atoms with Gasteiger partial charge in [0.2, 0.25) is 0 Å². The van der Waals surface area contributed by atoms with E-state index in [4.69, 9.17) is 4.74 Å². The highest BCUT2D eigenvalue weighted by Crippen LogP contribution is 2.24. The third-order valence-corrected chi connectivity index (χ3v) is 4.24. The minimum absolute atomic E-state index is 0.0246. The van der Waals surface area contributed by atoms with Crippen molar-refractivity contribution in [2.75, 3.05) is 12.4 Å². The fraction of sp³-hybridized carbons (Fsp3) is 0.231. The second-order valence-corrected chi connectivity index (χ2v) is 5.68. The van der Waals surface area contributed by atoms with Gasteiger partial charge in [0.15, 0.2) is 0 Å². The van der Waals surface area contributed by atoms with Crippen LogP contribution in [0.15, 0.2) is 34.1 Å². The van der Waals surface area contributed by atoms with E-state index in [2.05, 4.69) is 32.7 Å². The predicted molar refractivity (Wildman–Crippen MR) is 78.3 cm³/mol. The van der Waals surface area contributed by atoms with Crippen LogP contribution in [-0.2, 0) is 13.2 Å². The Morgan fingerprint density at radius 1 is 1.39 bits per heavy atom. The van der Waals surface area contributed by atoms with E-state index >= 15 is 0 Å². The van der Waals surface area contributed by atoms with Crippen LogP contribution in [0.2, 0.25) is 0 Å². The molecule has 1 heterocycles. The summed E-state index contributed by atoms with van der Waals surface area (Å²) in [5, 5.41) is 14.6. The first-order valence-electron chi connectivity index (χ1n) is 5.47. The number of aliphatic hydroxyl groups excluding tert-OH is 1. The number of methoxy groups -OCH3 is 1. The van der Waals surface area contributed by atoms with Gasteiger partial charge in [-0.05, 0) is 40.2 Å². The fourth-order valence-electron chi connectivity index (χ4n) is 1.65. The molecule has 0 fully saturated rings. The predicted octanol–water partition coefficient (Wildman–Crippen LogP) is 3.62. The van der Waals surface area contributed by atoms with E-state index in [0.29, 0.717) is 5.75 Å². The average Bonchev–Trinajstić information content (AvgIpc) is 2.81. The molecule has 2 aromatic rings. The highest BCUT2D eigenvalue weighted by molar-refractivity contribution is 9.10. The number of thiophene rings is 1. The van der Waals surface area contributed by atoms with Crippen LogP contribution in [0.25, 0.3) is 0 Å². The van der Waals surface area contributed by atoms with Gasteiger partial charge >= 0.3 is 0 Å². The van der Waals surface area contributed by atoms with E-state index < -0.39 is 0 Å². The van der Waals surface area contributed by atoms with Crippen molar-refractivity contribution in [2.24, 2.45) is 0 Å². The van der Waals surface area contributed by atoms with E-state index in [1.807, 2.05) is 18.2 Å². The highest BCUT2D eigenvalue weighted by Gasteiger charge is 2.04. The van der Waals surface area contributed by atoms with Crippen LogP contribution >= 0.6 is 27.3 Å². The molecule has 96 valence electrons. The third kappa shape index (κ3) is 3.25. The molecule has 0 aliphatic rings. The molecule has 0 spiro atoms. The third-order valence-electron chi connectivity index (χ3n) is 2.54. The standard InChI is InChI=1S/C13H14BrNO2S/c1-17-13-3-2-11(4-9(13)7-16)15-6-12-5-10(14)8-18-12/h2-5,8,15-16H,6-7H2,1H3. The molecular weight excluding hydrogens is 314 g/mol. The summed E-state index contributed by atoms with van der Waals surface area (Å²) in [6.07, 6.45) is 0. The smallest absolute Gasteiger partial charge is 0.124 e. The van der Waals surface area contributed by atoms with Gasteiger partial charge in [0.05, 0.1) is 13.7 Å². The molecule has 2 N–H and O–H groups in total. The summed E-state index contributed by atoms with van der Waals surface area (Å²) >= 11 is 5.14. The number of benzene rings is 1. The number of anilines is 1. The second-order valence-electron chi connectivity index (χ2n) is 3.77. The summed E-state index contributed by atoms with van der Waals surface area (Å²) in [5.74, 6) is 0.710. The van der Waals surface area contributed by atoms with Crippen LogP contribution in [0.1, 0.15) is 10.4 Å². The van der Waals surface area contributed by atoms with E-state index in [-0.39, 0.29) is 6.61 Å². The van der Waals surface area contributed by atoms with Crippen molar-refractivity contribution in [3.05, 3.63) is 44.6 Å². The van der Waals surface area contributed by atoms with Crippen LogP contribution in [0.3, 0.4) is 0 Å². The Labute approximate surface area is 119 Å². The highest BCUT2D eigenvalue weighted by atomic mass is 79.9. The summed E-state index contributed by atoms with van der Waals surface area (Å²) in [5.41, 5.74) is 1.76. The number of hydrogen-bond donors (Lipinski definition) is 2. The lowest BCUT2D eigenvalue weighted by molar-refractivity contribution is 0.274. The lowest BCUT2D eigenvalue weighted by Crippen LogP contribution is -1.99. The van der Waals surface area contributed by atoms with Crippen LogP contribution in [0.5, 0.6) is 5.75 Å². The van der Waals surface area contributed by atoms with Crippen molar-refractivity contribution in [1.82, 2.24) is 0 Å². The molecule has 3 nitrogen and oxygen atoms in total. The first-order chi connectivity index (χ1) is 8.72. The van der Waals surface area contributed by atoms with Gasteiger partial charge in [-0.25, -0.2) is 0 Å². The van der Waals surface area contributed by atoms with Gasteiger partial charge in [-0.15, -0.1) is 11.3 Å². The lowest BCUT2D eigenvalue weighted by atomic mass is 10.2. The first kappa shape index (κ1) is 13.4. The lowest BCUT2D eigenvalue weighted by Gasteiger charge is -2.10. The van der Waals surface area contributed by atoms with Crippen LogP contribution < -0.4 is 10.1 Å². The van der Waals surface area contributed by atoms with Gasteiger partial charge in [0.1, 0.15) is 5.75 Å². The molecule has 5 heteroatoms. The molecule has 2 rings (SSSR count). The zero-order valence-electron chi connectivity index (χ0n) is 9.94. The summed E-state index contributed by atoms with van der Waals surface area (Å²) in [6.45, 7) is 0.747. The fourth-order valence-corrected chi connectivity index (χ4v) is 3.04. The van der Waals surface area contributed by atoms with Crippen LogP contribution in [-0.4, -0.2) is 12.2 Å². The van der Waals surface area contributed by atoms with E-state index in [9.17, 15) is 5.11 Å². The molecule has 0 amide bonds. The number of rotatable bonds is 5. The maximum atomic E-state index is 9.25. The largest absolute Gasteiger partial charge is 0.496 e. The Morgan fingerprint density at radius 3 is 2.83 bits per heavy atom. The van der Waals surface area contributed by atoms with Crippen molar-refractivity contribution in [3.8, 4) is 5.75 Å². The zero-order valence-corrected chi connectivity index (χ0v) is 12.3. The molecule has 0 atom stereocenters. The summed E-state index contributed by atoms with van der Waals surface area (Å²) in [7, 11) is 1.60. The molecule has 0 aliphatic heterocycles. The van der Waals surface area contributed by atoms with Crippen LogP contribution in [0.4, 0.5) is 5.69 Å². The molecule has 0 unspecified atom stereocenters. The molecule has 0 saturated heterocycles. The summed E-state index contributed by atoms with van der Waals surface area (Å²) in [4.78, 5) is 1.25. The maximum Gasteiger partial charge on any atom is 0.124 e. The average molecular weight is 328 g/mol. The number of aliphatic hydroxyl groups is 1. The number of hydrogen-bond acceptors (Lipinski definition) is 4. The topological polar surface area (TPSA) is 41.5 Å². The normalized spacial score (nSPS) is 10.4. The molecule has 0 aliphatic carbocycles. The Morgan fingerprint density at radius 2 is 2.22 bits per heavy atom. The molecule has 0 radical (unpaired) electrons. The molecule has 18 heavy (non-hydrogen) atoms. The monoisotopic (exact) mass is 327 g/mol. The van der Waals surface area contributed by atoms with Gasteiger partial charge in [-0.2, -0.15) is 0 Å². The quantitative estimate of drug-likeness (QED) is 0.881. The van der Waals surface area contributed by atoms with Gasteiger partial charge < -0.3 is 15.2 Å². The number of ether oxygens (including phenoxy) is 1. The van der Waals surface area contributed by atoms with Gasteiger partial charge in [0.25, 0.3) is 0 Å². The number of halogens is 1. The SMILES string of the molecule is COc1ccc(NCc2cc(Br)cs2)cc1CO. The van der Waals surface area contributed by atoms with Crippen molar-refractivity contribution >= 4 is 33.0 Å². The van der Waals surface area contributed by atoms with Gasteiger partial charge in [0, 0.05) is 32.5 Å². The van der Waals surface area contributed by atoms with Gasteiger partial charge in [-0.3, -0.25) is 0 Å². The summed E-state index contributed by atoms with van der Waals surface area (Å²) in [6, 6.07) is 7.80. The maximum absolute atomic E-state index is 9.25. The Hall–Kier alpha value is -1.04. The van der Waals surface area contributed by atoms with Crippen molar-refractivity contribution in [1.29, 1.82) is 0 Å². The Balaban J connectivity index is 2.05. The van der Waals surface area contributed by atoms with E-state index in [1.165, 1.54) is 4.88 Å². The summed E-state index contributed by atoms with van der Waals surface area (Å²) < 4.78 is 6.27. The minimum Gasteiger partial charge on any atom is -0.496 e. The van der Waals surface area contributed by atoms with Crippen molar-refractivity contribution < 1.29 is 9.84 Å². The molecule has 1 aromatic carbocycles. The van der Waals surface area contributed by atoms with Crippen LogP contribution in [0, 0.1) is 0 Å². The minimum atomic E-state index is -0.0246.